The number of non-ortho nitro benzene ring substituents is 2. The van der Waals surface area contributed by atoms with Crippen LogP contribution in [0.2, 0.25) is 0 Å². The zero-order valence-electron chi connectivity index (χ0n) is 22.4. The number of phenolic OH excluding ortho intramolecular Hbond substituents is 4. The molecule has 0 amide bonds. The lowest BCUT2D eigenvalue weighted by atomic mass is 10.0. The van der Waals surface area contributed by atoms with E-state index in [9.17, 15) is 60.9 Å². The van der Waals surface area contributed by atoms with Crippen molar-refractivity contribution in [1.29, 1.82) is 0 Å². The third kappa shape index (κ3) is 6.92. The first-order chi connectivity index (χ1) is 21.2. The summed E-state index contributed by atoms with van der Waals surface area (Å²) in [6.07, 6.45) is 1.98. The molecule has 228 valence electrons. The zero-order chi connectivity index (χ0) is 33.0. The van der Waals surface area contributed by atoms with Crippen LogP contribution in [0.1, 0.15) is 22.3 Å². The highest BCUT2D eigenvalue weighted by molar-refractivity contribution is 5.90. The highest BCUT2D eigenvalue weighted by atomic mass is 16.6. The summed E-state index contributed by atoms with van der Waals surface area (Å²) in [5, 5.41) is 85.7. The second-order valence-corrected chi connectivity index (χ2v) is 9.17. The smallest absolute Gasteiger partial charge is 0.318 e. The zero-order valence-corrected chi connectivity index (χ0v) is 22.4. The van der Waals surface area contributed by atoms with Crippen molar-refractivity contribution in [3.05, 3.63) is 123 Å². The molecule has 4 aromatic rings. The van der Waals surface area contributed by atoms with Crippen LogP contribution < -0.4 is 0 Å². The molecule has 4 aromatic carbocycles. The van der Waals surface area contributed by atoms with Crippen molar-refractivity contribution < 1.29 is 40.1 Å². The SMILES string of the molecule is O=[N+]([O-])c1cc(C=Nc2cc(Cc3ccc(O)c(N=Cc4cc([N+](=O)[O-])cc([N+](=O)[O-])c4O)c3)ccc2O)c(O)c([N+](=O)[O-])c1. The third-order valence-electron chi connectivity index (χ3n) is 6.20. The Bertz CT molecular complexity index is 1820. The summed E-state index contributed by atoms with van der Waals surface area (Å²) in [5.41, 5.74) is -2.86. The molecular formula is C27H18N6O12. The van der Waals surface area contributed by atoms with E-state index in [0.717, 1.165) is 24.6 Å². The number of nitro benzene ring substituents is 4. The van der Waals surface area contributed by atoms with E-state index in [1.807, 2.05) is 0 Å². The number of aromatic hydroxyl groups is 4. The van der Waals surface area contributed by atoms with Crippen molar-refractivity contribution in [2.45, 2.75) is 6.42 Å². The van der Waals surface area contributed by atoms with Gasteiger partial charge >= 0.3 is 11.4 Å². The van der Waals surface area contributed by atoms with Gasteiger partial charge in [-0.25, -0.2) is 0 Å². The molecule has 0 aliphatic heterocycles. The maximum Gasteiger partial charge on any atom is 0.318 e. The van der Waals surface area contributed by atoms with E-state index in [-0.39, 0.29) is 40.4 Å². The Hall–Kier alpha value is -6.98. The predicted octanol–water partition coefficient (Wildman–Crippen LogP) is 5.23. The largest absolute Gasteiger partial charge is 0.506 e. The van der Waals surface area contributed by atoms with Gasteiger partial charge in [0.15, 0.2) is 0 Å². The van der Waals surface area contributed by atoms with Crippen LogP contribution in [0.15, 0.2) is 70.6 Å². The maximum atomic E-state index is 11.2. The van der Waals surface area contributed by atoms with Crippen LogP contribution in [-0.4, -0.2) is 52.5 Å². The fourth-order valence-electron chi connectivity index (χ4n) is 4.02. The lowest BCUT2D eigenvalue weighted by molar-refractivity contribution is -0.395. The highest BCUT2D eigenvalue weighted by Gasteiger charge is 2.24. The molecule has 18 nitrogen and oxygen atoms in total. The Balaban J connectivity index is 1.63. The molecule has 0 aliphatic rings. The Morgan fingerprint density at radius 2 is 0.933 bits per heavy atom. The van der Waals surface area contributed by atoms with E-state index in [0.29, 0.717) is 23.3 Å². The lowest BCUT2D eigenvalue weighted by Crippen LogP contribution is -1.96. The molecule has 4 rings (SSSR count). The van der Waals surface area contributed by atoms with Crippen molar-refractivity contribution in [3.8, 4) is 23.0 Å². The van der Waals surface area contributed by atoms with Crippen molar-refractivity contribution >= 4 is 46.6 Å². The second kappa shape index (κ2) is 12.5. The van der Waals surface area contributed by atoms with E-state index in [2.05, 4.69) is 9.98 Å². The summed E-state index contributed by atoms with van der Waals surface area (Å²) < 4.78 is 0. The van der Waals surface area contributed by atoms with Crippen molar-refractivity contribution in [3.63, 3.8) is 0 Å². The van der Waals surface area contributed by atoms with Crippen molar-refractivity contribution in [2.75, 3.05) is 0 Å². The van der Waals surface area contributed by atoms with Crippen LogP contribution in [0.5, 0.6) is 23.0 Å². The number of nitro groups is 4. The van der Waals surface area contributed by atoms with Crippen LogP contribution in [0.3, 0.4) is 0 Å². The molecule has 18 heteroatoms. The summed E-state index contributed by atoms with van der Waals surface area (Å²) in [6.45, 7) is 0. The molecule has 0 saturated heterocycles. The van der Waals surface area contributed by atoms with Gasteiger partial charge in [-0.15, -0.1) is 0 Å². The molecule has 0 radical (unpaired) electrons. The normalized spacial score (nSPS) is 11.2. The third-order valence-corrected chi connectivity index (χ3v) is 6.20. The van der Waals surface area contributed by atoms with E-state index in [4.69, 9.17) is 0 Å². The topological polar surface area (TPSA) is 278 Å². The van der Waals surface area contributed by atoms with E-state index < -0.39 is 53.9 Å². The van der Waals surface area contributed by atoms with E-state index >= 15 is 0 Å². The fourth-order valence-corrected chi connectivity index (χ4v) is 4.02. The molecule has 0 saturated carbocycles. The van der Waals surface area contributed by atoms with Gasteiger partial charge in [-0.1, -0.05) is 12.1 Å². The maximum absolute atomic E-state index is 11.2. The minimum atomic E-state index is -0.996. The van der Waals surface area contributed by atoms with Gasteiger partial charge in [0.25, 0.3) is 11.4 Å². The number of nitrogens with zero attached hydrogens (tertiary/aromatic N) is 6. The number of aliphatic imine (C=N–C) groups is 2. The molecule has 0 heterocycles. The van der Waals surface area contributed by atoms with Gasteiger partial charge in [0, 0.05) is 35.7 Å². The first-order valence-corrected chi connectivity index (χ1v) is 12.3. The van der Waals surface area contributed by atoms with Crippen LogP contribution >= 0.6 is 0 Å². The molecule has 0 spiro atoms. The number of phenols is 4. The van der Waals surface area contributed by atoms with Gasteiger partial charge in [-0.3, -0.25) is 50.4 Å². The molecular weight excluding hydrogens is 600 g/mol. The summed E-state index contributed by atoms with van der Waals surface area (Å²) >= 11 is 0. The Morgan fingerprint density at radius 1 is 0.556 bits per heavy atom. The average Bonchev–Trinajstić information content (AvgIpc) is 2.98. The number of hydrogen-bond donors (Lipinski definition) is 4. The van der Waals surface area contributed by atoms with E-state index in [1.54, 1.807) is 0 Å². The van der Waals surface area contributed by atoms with Gasteiger partial charge in [0.05, 0.1) is 31.8 Å². The second-order valence-electron chi connectivity index (χ2n) is 9.17. The van der Waals surface area contributed by atoms with Gasteiger partial charge < -0.3 is 20.4 Å². The molecule has 0 aliphatic carbocycles. The Kier molecular flexibility index (Phi) is 8.59. The van der Waals surface area contributed by atoms with E-state index in [1.165, 1.54) is 36.4 Å². The summed E-state index contributed by atoms with van der Waals surface area (Å²) in [5.74, 6) is -2.38. The molecule has 0 bridgehead atoms. The molecule has 0 fully saturated rings. The molecule has 0 unspecified atom stereocenters. The van der Waals surface area contributed by atoms with Gasteiger partial charge in [0.2, 0.25) is 11.5 Å². The average molecular weight is 618 g/mol. The van der Waals surface area contributed by atoms with Gasteiger partial charge in [-0.2, -0.15) is 0 Å². The molecule has 0 aromatic heterocycles. The van der Waals surface area contributed by atoms with Crippen LogP contribution in [-0.2, 0) is 6.42 Å². The summed E-state index contributed by atoms with van der Waals surface area (Å²) in [4.78, 5) is 49.0. The first kappa shape index (κ1) is 31.0. The summed E-state index contributed by atoms with van der Waals surface area (Å²) in [6, 6.07) is 11.4. The summed E-state index contributed by atoms with van der Waals surface area (Å²) in [7, 11) is 0. The van der Waals surface area contributed by atoms with Gasteiger partial charge in [0.1, 0.15) is 22.9 Å². The number of hydrogen-bond acceptors (Lipinski definition) is 14. The molecule has 4 N–H and O–H groups in total. The predicted molar refractivity (Wildman–Crippen MR) is 156 cm³/mol. The monoisotopic (exact) mass is 618 g/mol. The van der Waals surface area contributed by atoms with Crippen LogP contribution in [0, 0.1) is 40.5 Å². The minimum absolute atomic E-state index is 0.0548. The quantitative estimate of drug-likeness (QED) is 0.101. The van der Waals surface area contributed by atoms with Crippen molar-refractivity contribution in [2.24, 2.45) is 9.98 Å². The Morgan fingerprint density at radius 3 is 1.27 bits per heavy atom. The first-order valence-electron chi connectivity index (χ1n) is 12.3. The van der Waals surface area contributed by atoms with Crippen LogP contribution in [0.25, 0.3) is 0 Å². The number of rotatable bonds is 10. The van der Waals surface area contributed by atoms with Crippen LogP contribution in [0.4, 0.5) is 34.1 Å². The fraction of sp³-hybridized carbons (Fsp3) is 0.0370. The molecule has 45 heavy (non-hydrogen) atoms. The standard InChI is InChI=1S/C27H18N6O12/c34-24-3-1-14(6-20(24)28-12-16-8-18(30(38)39)10-22(26(16)36)32(42)43)5-15-2-4-25(35)21(7-15)29-13-17-9-19(31(40)41)11-23(27(17)37)33(44)45/h1-4,6-13,34-37H,5H2. The Labute approximate surface area is 249 Å². The molecule has 0 atom stereocenters. The van der Waals surface area contributed by atoms with Crippen molar-refractivity contribution in [1.82, 2.24) is 0 Å². The number of benzene rings is 4. The van der Waals surface area contributed by atoms with Gasteiger partial charge in [-0.05, 0) is 41.8 Å². The highest BCUT2D eigenvalue weighted by Crippen LogP contribution is 2.36. The lowest BCUT2D eigenvalue weighted by Gasteiger charge is -2.07. The minimum Gasteiger partial charge on any atom is -0.506 e.